The van der Waals surface area contributed by atoms with Gasteiger partial charge in [0.2, 0.25) is 0 Å². The van der Waals surface area contributed by atoms with Crippen LogP contribution in [0.15, 0.2) is 22.7 Å². The predicted molar refractivity (Wildman–Crippen MR) is 89.7 cm³/mol. The van der Waals surface area contributed by atoms with Gasteiger partial charge in [0, 0.05) is 17.1 Å². The first-order valence-corrected chi connectivity index (χ1v) is 9.01. The summed E-state index contributed by atoms with van der Waals surface area (Å²) in [7, 11) is 0. The average Bonchev–Trinajstić information content (AvgIpc) is 2.50. The first-order valence-electron chi connectivity index (χ1n) is 7.84. The molecule has 3 unspecified atom stereocenters. The van der Waals surface area contributed by atoms with Crippen molar-refractivity contribution in [1.82, 2.24) is 4.90 Å². The minimum absolute atomic E-state index is 0.102. The number of amides is 1. The Kier molecular flexibility index (Phi) is 4.60. The fraction of sp³-hybridized carbons (Fsp3) is 0.588. The lowest BCUT2D eigenvalue weighted by molar-refractivity contribution is 0.0218. The van der Waals surface area contributed by atoms with Crippen molar-refractivity contribution in [3.63, 3.8) is 0 Å². The van der Waals surface area contributed by atoms with Crippen molar-refractivity contribution in [3.8, 4) is 0 Å². The van der Waals surface area contributed by atoms with Gasteiger partial charge in [-0.05, 0) is 59.2 Å². The van der Waals surface area contributed by atoms with Crippen LogP contribution >= 0.6 is 27.5 Å². The van der Waals surface area contributed by atoms with Gasteiger partial charge in [-0.25, -0.2) is 0 Å². The molecule has 1 saturated heterocycles. The number of carbonyl (C=O) groups excluding carboxylic acids is 1. The largest absolute Gasteiger partial charge is 0.335 e. The van der Waals surface area contributed by atoms with Crippen LogP contribution in [0.1, 0.15) is 49.4 Å². The second-order valence-corrected chi connectivity index (χ2v) is 7.61. The molecule has 0 radical (unpaired) electrons. The van der Waals surface area contributed by atoms with Crippen LogP contribution in [-0.2, 0) is 0 Å². The third kappa shape index (κ3) is 2.87. The number of benzene rings is 1. The standard InChI is InChI=1S/C17H21BrClNO/c1-11-9-10-20(15-8-3-2-5-12(11)15)17(21)13-6-4-7-14(18)16(13)19/h4,6-7,11-12,15H,2-3,5,8-10H2,1H3. The minimum Gasteiger partial charge on any atom is -0.335 e. The summed E-state index contributed by atoms with van der Waals surface area (Å²) in [5, 5.41) is 0.536. The second-order valence-electron chi connectivity index (χ2n) is 6.38. The molecule has 114 valence electrons. The van der Waals surface area contributed by atoms with Crippen LogP contribution in [0, 0.1) is 11.8 Å². The Morgan fingerprint density at radius 1 is 1.29 bits per heavy atom. The van der Waals surface area contributed by atoms with Gasteiger partial charge in [0.05, 0.1) is 10.6 Å². The zero-order valence-corrected chi connectivity index (χ0v) is 14.7. The van der Waals surface area contributed by atoms with E-state index >= 15 is 0 Å². The van der Waals surface area contributed by atoms with E-state index in [2.05, 4.69) is 27.8 Å². The normalized spacial score (nSPS) is 29.1. The third-order valence-electron chi connectivity index (χ3n) is 5.18. The molecule has 1 saturated carbocycles. The van der Waals surface area contributed by atoms with Gasteiger partial charge in [-0.2, -0.15) is 0 Å². The first kappa shape index (κ1) is 15.4. The van der Waals surface area contributed by atoms with Gasteiger partial charge < -0.3 is 4.90 Å². The molecule has 3 atom stereocenters. The van der Waals surface area contributed by atoms with E-state index in [-0.39, 0.29) is 5.91 Å². The molecule has 2 fully saturated rings. The van der Waals surface area contributed by atoms with Crippen molar-refractivity contribution < 1.29 is 4.79 Å². The molecule has 0 spiro atoms. The van der Waals surface area contributed by atoms with Crippen LogP contribution in [0.4, 0.5) is 0 Å². The highest BCUT2D eigenvalue weighted by atomic mass is 79.9. The average molecular weight is 371 g/mol. The number of piperidine rings is 1. The number of likely N-dealkylation sites (tertiary alicyclic amines) is 1. The van der Waals surface area contributed by atoms with Gasteiger partial charge in [0.25, 0.3) is 5.91 Å². The number of rotatable bonds is 1. The van der Waals surface area contributed by atoms with E-state index in [1.807, 2.05) is 18.2 Å². The van der Waals surface area contributed by atoms with Gasteiger partial charge in [0.1, 0.15) is 0 Å². The highest BCUT2D eigenvalue weighted by Gasteiger charge is 2.39. The van der Waals surface area contributed by atoms with Crippen LogP contribution in [0.3, 0.4) is 0 Å². The van der Waals surface area contributed by atoms with E-state index in [1.165, 1.54) is 19.3 Å². The summed E-state index contributed by atoms with van der Waals surface area (Å²) in [5.41, 5.74) is 0.630. The van der Waals surface area contributed by atoms with Crippen molar-refractivity contribution in [2.75, 3.05) is 6.54 Å². The Balaban J connectivity index is 1.88. The smallest absolute Gasteiger partial charge is 0.255 e. The first-order chi connectivity index (χ1) is 10.1. The van der Waals surface area contributed by atoms with Crippen LogP contribution in [0.5, 0.6) is 0 Å². The van der Waals surface area contributed by atoms with Crippen molar-refractivity contribution in [2.24, 2.45) is 11.8 Å². The molecule has 1 aliphatic heterocycles. The van der Waals surface area contributed by atoms with Crippen molar-refractivity contribution >= 4 is 33.4 Å². The van der Waals surface area contributed by atoms with E-state index in [0.29, 0.717) is 22.5 Å². The molecule has 1 heterocycles. The van der Waals surface area contributed by atoms with E-state index in [0.717, 1.165) is 29.8 Å². The molecule has 0 aromatic heterocycles. The number of fused-ring (bicyclic) bond motifs is 1. The van der Waals surface area contributed by atoms with Gasteiger partial charge in [-0.3, -0.25) is 4.79 Å². The molecular weight excluding hydrogens is 350 g/mol. The Bertz CT molecular complexity index is 548. The highest BCUT2D eigenvalue weighted by molar-refractivity contribution is 9.10. The Hall–Kier alpha value is -0.540. The summed E-state index contributed by atoms with van der Waals surface area (Å²) < 4.78 is 0.792. The van der Waals surface area contributed by atoms with Crippen molar-refractivity contribution in [1.29, 1.82) is 0 Å². The molecule has 0 bridgehead atoms. The summed E-state index contributed by atoms with van der Waals surface area (Å²) in [6, 6.07) is 6.00. The topological polar surface area (TPSA) is 20.3 Å². The maximum Gasteiger partial charge on any atom is 0.255 e. The zero-order chi connectivity index (χ0) is 15.0. The maximum absolute atomic E-state index is 13.0. The highest BCUT2D eigenvalue weighted by Crippen LogP contribution is 2.40. The molecule has 1 aliphatic carbocycles. The molecule has 2 nitrogen and oxygen atoms in total. The van der Waals surface area contributed by atoms with Gasteiger partial charge in [0.15, 0.2) is 0 Å². The summed E-state index contributed by atoms with van der Waals surface area (Å²) in [6.07, 6.45) is 6.07. The molecule has 1 aromatic rings. The van der Waals surface area contributed by atoms with E-state index in [9.17, 15) is 4.79 Å². The summed E-state index contributed by atoms with van der Waals surface area (Å²) in [4.78, 5) is 15.0. The number of hydrogen-bond donors (Lipinski definition) is 0. The Morgan fingerprint density at radius 3 is 2.86 bits per heavy atom. The van der Waals surface area contributed by atoms with Crippen molar-refractivity contribution in [2.45, 2.75) is 45.1 Å². The lowest BCUT2D eigenvalue weighted by Gasteiger charge is -2.47. The number of carbonyl (C=O) groups is 1. The molecule has 21 heavy (non-hydrogen) atoms. The SMILES string of the molecule is CC1CCN(C(=O)c2cccc(Br)c2Cl)C2CCCCC12. The second kappa shape index (κ2) is 6.29. The van der Waals surface area contributed by atoms with E-state index in [4.69, 9.17) is 11.6 Å². The van der Waals surface area contributed by atoms with Gasteiger partial charge in [-0.1, -0.05) is 37.4 Å². The summed E-state index contributed by atoms with van der Waals surface area (Å²) in [6.45, 7) is 3.21. The van der Waals surface area contributed by atoms with Gasteiger partial charge in [-0.15, -0.1) is 0 Å². The zero-order valence-electron chi connectivity index (χ0n) is 12.3. The molecule has 2 aliphatic rings. The summed E-state index contributed by atoms with van der Waals surface area (Å²) >= 11 is 9.73. The monoisotopic (exact) mass is 369 g/mol. The minimum atomic E-state index is 0.102. The lowest BCUT2D eigenvalue weighted by Crippen LogP contribution is -2.52. The van der Waals surface area contributed by atoms with Crippen LogP contribution in [-0.4, -0.2) is 23.4 Å². The molecule has 1 aromatic carbocycles. The third-order valence-corrected chi connectivity index (χ3v) is 6.48. The predicted octanol–water partition coefficient (Wildman–Crippen LogP) is 5.14. The van der Waals surface area contributed by atoms with Crippen LogP contribution in [0.2, 0.25) is 5.02 Å². The summed E-state index contributed by atoms with van der Waals surface area (Å²) in [5.74, 6) is 1.50. The van der Waals surface area contributed by atoms with E-state index in [1.54, 1.807) is 0 Å². The van der Waals surface area contributed by atoms with Gasteiger partial charge >= 0.3 is 0 Å². The number of nitrogens with zero attached hydrogens (tertiary/aromatic N) is 1. The molecule has 4 heteroatoms. The molecule has 0 N–H and O–H groups in total. The molecule has 1 amide bonds. The quantitative estimate of drug-likeness (QED) is 0.670. The maximum atomic E-state index is 13.0. The van der Waals surface area contributed by atoms with Crippen molar-refractivity contribution in [3.05, 3.63) is 33.3 Å². The molecular formula is C17H21BrClNO. The van der Waals surface area contributed by atoms with E-state index < -0.39 is 0 Å². The Labute approximate surface area is 140 Å². The fourth-order valence-electron chi connectivity index (χ4n) is 3.99. The number of hydrogen-bond acceptors (Lipinski definition) is 1. The molecule has 3 rings (SSSR count). The number of halogens is 2. The Morgan fingerprint density at radius 2 is 2.05 bits per heavy atom. The van der Waals surface area contributed by atoms with Crippen LogP contribution in [0.25, 0.3) is 0 Å². The lowest BCUT2D eigenvalue weighted by atomic mass is 9.72. The fourth-order valence-corrected chi connectivity index (χ4v) is 4.56. The van der Waals surface area contributed by atoms with Crippen LogP contribution < -0.4 is 0 Å².